The second-order valence-electron chi connectivity index (χ2n) is 5.14. The standard InChI is InChI=1S/C16H10ClN5O2S3/c17-11-3-1-9(2-4-11)13-19-22-16(24-13)26-8-12(23)18-15-21-20-14(27-15)10-5-6-25-7-10/h1-7H,8H2,(H,18,21,23). The molecule has 0 fully saturated rings. The van der Waals surface area contributed by atoms with Crippen LogP contribution in [0, 0.1) is 0 Å². The minimum atomic E-state index is -0.223. The van der Waals surface area contributed by atoms with E-state index in [4.69, 9.17) is 16.0 Å². The highest BCUT2D eigenvalue weighted by atomic mass is 35.5. The van der Waals surface area contributed by atoms with Gasteiger partial charge >= 0.3 is 0 Å². The average Bonchev–Trinajstić information content (AvgIpc) is 3.42. The number of carbonyl (C=O) groups excluding carboxylic acids is 1. The lowest BCUT2D eigenvalue weighted by molar-refractivity contribution is -0.113. The SMILES string of the molecule is O=C(CSc1nnc(-c2ccc(Cl)cc2)o1)Nc1nnc(-c2ccsc2)s1. The van der Waals surface area contributed by atoms with Crippen molar-refractivity contribution in [2.45, 2.75) is 5.22 Å². The van der Waals surface area contributed by atoms with Crippen LogP contribution in [-0.2, 0) is 4.79 Å². The number of hydrogen-bond donors (Lipinski definition) is 1. The first-order valence-electron chi connectivity index (χ1n) is 7.55. The van der Waals surface area contributed by atoms with E-state index in [1.54, 1.807) is 35.6 Å². The van der Waals surface area contributed by atoms with Crippen LogP contribution < -0.4 is 5.32 Å². The van der Waals surface area contributed by atoms with E-state index in [0.717, 1.165) is 27.9 Å². The quantitative estimate of drug-likeness (QED) is 0.438. The van der Waals surface area contributed by atoms with E-state index < -0.39 is 0 Å². The van der Waals surface area contributed by atoms with Gasteiger partial charge in [-0.05, 0) is 35.7 Å². The Balaban J connectivity index is 1.32. The first-order valence-corrected chi connectivity index (χ1v) is 10.7. The zero-order valence-electron chi connectivity index (χ0n) is 13.5. The number of amides is 1. The van der Waals surface area contributed by atoms with Crippen LogP contribution in [0.3, 0.4) is 0 Å². The molecule has 0 unspecified atom stereocenters. The fourth-order valence-corrected chi connectivity index (χ4v) is 4.20. The molecule has 11 heteroatoms. The zero-order valence-corrected chi connectivity index (χ0v) is 16.7. The maximum Gasteiger partial charge on any atom is 0.277 e. The molecule has 0 spiro atoms. The molecule has 0 bridgehead atoms. The van der Waals surface area contributed by atoms with E-state index in [1.165, 1.54) is 11.3 Å². The number of nitrogens with one attached hydrogen (secondary N) is 1. The van der Waals surface area contributed by atoms with E-state index in [2.05, 4.69) is 25.7 Å². The van der Waals surface area contributed by atoms with Gasteiger partial charge in [0.2, 0.25) is 16.9 Å². The molecule has 4 rings (SSSR count). The Bertz CT molecular complexity index is 1050. The van der Waals surface area contributed by atoms with Gasteiger partial charge in [0.05, 0.1) is 5.75 Å². The molecule has 0 aliphatic carbocycles. The van der Waals surface area contributed by atoms with Crippen molar-refractivity contribution >= 4 is 57.1 Å². The zero-order chi connectivity index (χ0) is 18.6. The predicted octanol–water partition coefficient (Wildman–Crippen LogP) is 4.70. The lowest BCUT2D eigenvalue weighted by atomic mass is 10.2. The first kappa shape index (κ1) is 18.1. The Hall–Kier alpha value is -2.27. The van der Waals surface area contributed by atoms with Crippen molar-refractivity contribution in [3.8, 4) is 22.0 Å². The minimum Gasteiger partial charge on any atom is -0.411 e. The number of thiophene rings is 1. The van der Waals surface area contributed by atoms with Crippen molar-refractivity contribution in [1.82, 2.24) is 20.4 Å². The summed E-state index contributed by atoms with van der Waals surface area (Å²) in [6.45, 7) is 0. The number of halogens is 1. The largest absolute Gasteiger partial charge is 0.411 e. The summed E-state index contributed by atoms with van der Waals surface area (Å²) in [5, 5.41) is 24.8. The Labute approximate surface area is 170 Å². The number of aromatic nitrogens is 4. The summed E-state index contributed by atoms with van der Waals surface area (Å²) in [4.78, 5) is 12.1. The predicted molar refractivity (Wildman–Crippen MR) is 107 cm³/mol. The van der Waals surface area contributed by atoms with Crippen molar-refractivity contribution in [2.24, 2.45) is 0 Å². The van der Waals surface area contributed by atoms with Gasteiger partial charge in [-0.2, -0.15) is 11.3 Å². The van der Waals surface area contributed by atoms with Crippen LogP contribution in [0.4, 0.5) is 5.13 Å². The molecular formula is C16H10ClN5O2S3. The van der Waals surface area contributed by atoms with Crippen LogP contribution in [0.25, 0.3) is 22.0 Å². The van der Waals surface area contributed by atoms with Gasteiger partial charge < -0.3 is 4.42 Å². The van der Waals surface area contributed by atoms with Crippen LogP contribution in [0.5, 0.6) is 0 Å². The van der Waals surface area contributed by atoms with Gasteiger partial charge in [0, 0.05) is 21.5 Å². The van der Waals surface area contributed by atoms with Crippen LogP contribution in [0.1, 0.15) is 0 Å². The third-order valence-corrected chi connectivity index (χ3v) is 5.91. The van der Waals surface area contributed by atoms with E-state index in [-0.39, 0.29) is 11.7 Å². The Morgan fingerprint density at radius 2 is 1.96 bits per heavy atom. The molecule has 0 aliphatic heterocycles. The number of nitrogens with zero attached hydrogens (tertiary/aromatic N) is 4. The number of hydrogen-bond acceptors (Lipinski definition) is 9. The maximum absolute atomic E-state index is 12.1. The van der Waals surface area contributed by atoms with Crippen molar-refractivity contribution in [3.05, 3.63) is 46.1 Å². The highest BCUT2D eigenvalue weighted by Gasteiger charge is 2.13. The van der Waals surface area contributed by atoms with Crippen molar-refractivity contribution in [1.29, 1.82) is 0 Å². The molecule has 0 atom stereocenters. The highest BCUT2D eigenvalue weighted by Crippen LogP contribution is 2.28. The molecule has 0 radical (unpaired) electrons. The van der Waals surface area contributed by atoms with E-state index >= 15 is 0 Å². The van der Waals surface area contributed by atoms with Gasteiger partial charge in [-0.15, -0.1) is 20.4 Å². The normalized spacial score (nSPS) is 10.9. The summed E-state index contributed by atoms with van der Waals surface area (Å²) in [5.74, 6) is 0.272. The summed E-state index contributed by atoms with van der Waals surface area (Å²) >= 11 is 9.92. The van der Waals surface area contributed by atoms with Crippen LogP contribution in [-0.4, -0.2) is 32.1 Å². The fraction of sp³-hybridized carbons (Fsp3) is 0.0625. The Morgan fingerprint density at radius 1 is 1.11 bits per heavy atom. The van der Waals surface area contributed by atoms with Crippen molar-refractivity contribution < 1.29 is 9.21 Å². The maximum atomic E-state index is 12.1. The number of rotatable bonds is 6. The summed E-state index contributed by atoms with van der Waals surface area (Å²) < 4.78 is 5.56. The molecule has 0 aliphatic rings. The minimum absolute atomic E-state index is 0.121. The molecule has 3 heterocycles. The Morgan fingerprint density at radius 3 is 2.74 bits per heavy atom. The van der Waals surface area contributed by atoms with Gasteiger partial charge in [-0.3, -0.25) is 10.1 Å². The second-order valence-corrected chi connectivity index (χ2v) is 8.26. The van der Waals surface area contributed by atoms with Crippen LogP contribution in [0.2, 0.25) is 5.02 Å². The van der Waals surface area contributed by atoms with Crippen LogP contribution >= 0.6 is 46.0 Å². The van der Waals surface area contributed by atoms with E-state index in [9.17, 15) is 4.79 Å². The van der Waals surface area contributed by atoms with Gasteiger partial charge in [-0.25, -0.2) is 0 Å². The number of benzene rings is 1. The van der Waals surface area contributed by atoms with Gasteiger partial charge in [-0.1, -0.05) is 34.7 Å². The van der Waals surface area contributed by atoms with E-state index in [0.29, 0.717) is 21.3 Å². The number of carbonyl (C=O) groups is 1. The third kappa shape index (κ3) is 4.53. The molecule has 1 amide bonds. The third-order valence-electron chi connectivity index (χ3n) is 3.26. The molecular weight excluding hydrogens is 426 g/mol. The molecule has 1 N–H and O–H groups in total. The molecule has 4 aromatic rings. The molecule has 0 saturated carbocycles. The van der Waals surface area contributed by atoms with E-state index in [1.807, 2.05) is 16.8 Å². The summed E-state index contributed by atoms with van der Waals surface area (Å²) in [7, 11) is 0. The average molecular weight is 436 g/mol. The molecule has 27 heavy (non-hydrogen) atoms. The Kier molecular flexibility index (Phi) is 5.48. The number of thioether (sulfide) groups is 1. The summed E-state index contributed by atoms with van der Waals surface area (Å²) in [5.41, 5.74) is 1.76. The van der Waals surface area contributed by atoms with Crippen molar-refractivity contribution in [3.63, 3.8) is 0 Å². The topological polar surface area (TPSA) is 93.8 Å². The smallest absolute Gasteiger partial charge is 0.277 e. The lowest BCUT2D eigenvalue weighted by Gasteiger charge is -1.98. The van der Waals surface area contributed by atoms with Gasteiger partial charge in [0.25, 0.3) is 5.22 Å². The van der Waals surface area contributed by atoms with Crippen LogP contribution in [0.15, 0.2) is 50.7 Å². The molecule has 1 aromatic carbocycles. The van der Waals surface area contributed by atoms with Gasteiger partial charge in [0.15, 0.2) is 0 Å². The highest BCUT2D eigenvalue weighted by molar-refractivity contribution is 7.99. The molecule has 3 aromatic heterocycles. The molecule has 136 valence electrons. The molecule has 7 nitrogen and oxygen atoms in total. The monoisotopic (exact) mass is 435 g/mol. The summed E-state index contributed by atoms with van der Waals surface area (Å²) in [6, 6.07) is 9.02. The first-order chi connectivity index (χ1) is 13.2. The second kappa shape index (κ2) is 8.17. The number of anilines is 1. The lowest BCUT2D eigenvalue weighted by Crippen LogP contribution is -2.13. The van der Waals surface area contributed by atoms with Gasteiger partial charge in [0.1, 0.15) is 5.01 Å². The fourth-order valence-electron chi connectivity index (χ4n) is 2.04. The molecule has 0 saturated heterocycles. The van der Waals surface area contributed by atoms with Crippen molar-refractivity contribution in [2.75, 3.05) is 11.1 Å². The summed E-state index contributed by atoms with van der Waals surface area (Å²) in [6.07, 6.45) is 0.